The number of aliphatic hydroxyl groups is 1. The van der Waals surface area contributed by atoms with E-state index in [1.54, 1.807) is 6.92 Å². The van der Waals surface area contributed by atoms with Crippen LogP contribution in [-0.2, 0) is 4.79 Å². The van der Waals surface area contributed by atoms with E-state index in [2.05, 4.69) is 33.0 Å². The number of carbonyl (C=O) groups is 1. The van der Waals surface area contributed by atoms with Crippen molar-refractivity contribution in [1.29, 1.82) is 0 Å². The highest BCUT2D eigenvalue weighted by Gasteiger charge is 2.43. The summed E-state index contributed by atoms with van der Waals surface area (Å²) in [6, 6.07) is 0. The summed E-state index contributed by atoms with van der Waals surface area (Å²) in [4.78, 5) is 12.2. The highest BCUT2D eigenvalue weighted by atomic mass is 16.3. The molecule has 2 unspecified atom stereocenters. The van der Waals surface area contributed by atoms with Gasteiger partial charge in [-0.15, -0.1) is 0 Å². The third-order valence-electron chi connectivity index (χ3n) is 3.46. The molecule has 2 N–H and O–H groups in total. The Morgan fingerprint density at radius 2 is 1.81 bits per heavy atom. The topological polar surface area (TPSA) is 49.3 Å². The third kappa shape index (κ3) is 3.78. The molecule has 0 aromatic carbocycles. The normalized spacial score (nSPS) is 17.7. The van der Waals surface area contributed by atoms with Crippen molar-refractivity contribution in [3.05, 3.63) is 0 Å². The lowest BCUT2D eigenvalue weighted by atomic mass is 9.65. The molecule has 3 heteroatoms. The molecule has 0 saturated heterocycles. The van der Waals surface area contributed by atoms with Gasteiger partial charge in [0.2, 0.25) is 5.91 Å². The molecule has 0 fully saturated rings. The maximum Gasteiger partial charge on any atom is 0.226 e. The Labute approximate surface area is 99.6 Å². The van der Waals surface area contributed by atoms with Crippen molar-refractivity contribution in [3.63, 3.8) is 0 Å². The molecule has 0 aliphatic carbocycles. The highest BCUT2D eigenvalue weighted by Crippen LogP contribution is 2.42. The van der Waals surface area contributed by atoms with Gasteiger partial charge >= 0.3 is 0 Å². The first kappa shape index (κ1) is 15.4. The smallest absolute Gasteiger partial charge is 0.226 e. The highest BCUT2D eigenvalue weighted by molar-refractivity contribution is 5.83. The van der Waals surface area contributed by atoms with Crippen molar-refractivity contribution < 1.29 is 9.90 Å². The van der Waals surface area contributed by atoms with Crippen molar-refractivity contribution >= 4 is 5.91 Å². The Morgan fingerprint density at radius 3 is 2.12 bits per heavy atom. The van der Waals surface area contributed by atoms with Crippen LogP contribution in [0.5, 0.6) is 0 Å². The van der Waals surface area contributed by atoms with Gasteiger partial charge in [-0.25, -0.2) is 0 Å². The second kappa shape index (κ2) is 5.67. The summed E-state index contributed by atoms with van der Waals surface area (Å²) < 4.78 is 0. The van der Waals surface area contributed by atoms with E-state index in [9.17, 15) is 9.90 Å². The number of nitrogens with one attached hydrogen (secondary N) is 1. The summed E-state index contributed by atoms with van der Waals surface area (Å²) in [5, 5.41) is 12.0. The summed E-state index contributed by atoms with van der Waals surface area (Å²) in [5.41, 5.74) is -0.456. The van der Waals surface area contributed by atoms with E-state index in [0.29, 0.717) is 6.54 Å². The zero-order chi connectivity index (χ0) is 13.0. The fraction of sp³-hybridized carbons (Fsp3) is 0.923. The molecule has 1 amide bonds. The summed E-state index contributed by atoms with van der Waals surface area (Å²) >= 11 is 0. The van der Waals surface area contributed by atoms with Gasteiger partial charge in [-0.05, 0) is 18.8 Å². The van der Waals surface area contributed by atoms with Gasteiger partial charge in [-0.3, -0.25) is 4.79 Å². The molecule has 2 atom stereocenters. The molecule has 0 spiro atoms. The first-order valence-electron chi connectivity index (χ1n) is 6.11. The van der Waals surface area contributed by atoms with Crippen LogP contribution in [0, 0.1) is 10.8 Å². The van der Waals surface area contributed by atoms with Crippen molar-refractivity contribution in [2.75, 3.05) is 6.54 Å². The number of rotatable bonds is 5. The minimum atomic E-state index is -0.491. The number of amides is 1. The van der Waals surface area contributed by atoms with Gasteiger partial charge in [-0.2, -0.15) is 0 Å². The molecule has 0 aromatic rings. The van der Waals surface area contributed by atoms with E-state index in [1.807, 2.05) is 6.92 Å². The van der Waals surface area contributed by atoms with Gasteiger partial charge in [0.05, 0.1) is 11.5 Å². The molecule has 0 aliphatic heterocycles. The molecule has 0 radical (unpaired) electrons. The molecule has 0 rings (SSSR count). The largest absolute Gasteiger partial charge is 0.392 e. The van der Waals surface area contributed by atoms with Crippen molar-refractivity contribution in [2.24, 2.45) is 10.8 Å². The monoisotopic (exact) mass is 229 g/mol. The molecular weight excluding hydrogens is 202 g/mol. The van der Waals surface area contributed by atoms with Crippen molar-refractivity contribution in [2.45, 2.75) is 60.5 Å². The fourth-order valence-electron chi connectivity index (χ4n) is 1.76. The van der Waals surface area contributed by atoms with Crippen LogP contribution in [0.4, 0.5) is 0 Å². The Balaban J connectivity index is 4.71. The van der Waals surface area contributed by atoms with Gasteiger partial charge in [0.15, 0.2) is 0 Å². The zero-order valence-electron chi connectivity index (χ0n) is 11.6. The van der Waals surface area contributed by atoms with E-state index in [1.165, 1.54) is 0 Å². The molecule has 0 bridgehead atoms. The maximum absolute atomic E-state index is 12.2. The Bertz CT molecular complexity index is 231. The van der Waals surface area contributed by atoms with Gasteiger partial charge in [-0.1, -0.05) is 41.0 Å². The van der Waals surface area contributed by atoms with E-state index >= 15 is 0 Å². The summed E-state index contributed by atoms with van der Waals surface area (Å²) in [6.45, 7) is 12.4. The van der Waals surface area contributed by atoms with Gasteiger partial charge < -0.3 is 10.4 Å². The molecular formula is C13H27NO2. The minimum Gasteiger partial charge on any atom is -0.392 e. The maximum atomic E-state index is 12.2. The molecule has 96 valence electrons. The van der Waals surface area contributed by atoms with Gasteiger partial charge in [0, 0.05) is 6.54 Å². The lowest BCUT2D eigenvalue weighted by molar-refractivity contribution is -0.137. The van der Waals surface area contributed by atoms with E-state index < -0.39 is 6.10 Å². The van der Waals surface area contributed by atoms with Crippen molar-refractivity contribution in [3.8, 4) is 0 Å². The fourth-order valence-corrected chi connectivity index (χ4v) is 1.76. The second-order valence-electron chi connectivity index (χ2n) is 5.89. The molecule has 0 aromatic heterocycles. The number of carbonyl (C=O) groups excluding carboxylic acids is 1. The lowest BCUT2D eigenvalue weighted by Gasteiger charge is -2.40. The van der Waals surface area contributed by atoms with E-state index in [-0.39, 0.29) is 16.7 Å². The van der Waals surface area contributed by atoms with Crippen LogP contribution in [-0.4, -0.2) is 23.7 Å². The predicted octanol–water partition coefficient (Wildman–Crippen LogP) is 2.34. The number of hydrogen-bond donors (Lipinski definition) is 2. The number of hydrogen-bond acceptors (Lipinski definition) is 2. The molecule has 0 heterocycles. The standard InChI is InChI=1S/C13H27NO2/c1-7-8-13(6,12(3,4)5)11(16)14-9-10(2)15/h10,15H,7-9H2,1-6H3,(H,14,16). The van der Waals surface area contributed by atoms with E-state index in [0.717, 1.165) is 12.8 Å². The Hall–Kier alpha value is -0.570. The van der Waals surface area contributed by atoms with E-state index in [4.69, 9.17) is 0 Å². The molecule has 0 aliphatic rings. The Morgan fingerprint density at radius 1 is 1.31 bits per heavy atom. The van der Waals surface area contributed by atoms with Crippen LogP contribution in [0.25, 0.3) is 0 Å². The van der Waals surface area contributed by atoms with Crippen LogP contribution in [0.2, 0.25) is 0 Å². The van der Waals surface area contributed by atoms with Crippen LogP contribution in [0.1, 0.15) is 54.4 Å². The third-order valence-corrected chi connectivity index (χ3v) is 3.46. The summed E-state index contributed by atoms with van der Waals surface area (Å²) in [6.07, 6.45) is 1.35. The first-order chi connectivity index (χ1) is 7.15. The van der Waals surface area contributed by atoms with Crippen LogP contribution in [0.3, 0.4) is 0 Å². The summed E-state index contributed by atoms with van der Waals surface area (Å²) in [5.74, 6) is 0.0442. The van der Waals surface area contributed by atoms with Crippen LogP contribution in [0.15, 0.2) is 0 Å². The average Bonchev–Trinajstić information content (AvgIpc) is 2.12. The SMILES string of the molecule is CCCC(C)(C(=O)NCC(C)O)C(C)(C)C. The van der Waals surface area contributed by atoms with Gasteiger partial charge in [0.1, 0.15) is 0 Å². The second-order valence-corrected chi connectivity index (χ2v) is 5.89. The Kier molecular flexibility index (Phi) is 5.47. The molecule has 16 heavy (non-hydrogen) atoms. The van der Waals surface area contributed by atoms with Crippen LogP contribution < -0.4 is 5.32 Å². The lowest BCUT2D eigenvalue weighted by Crippen LogP contribution is -2.48. The summed E-state index contributed by atoms with van der Waals surface area (Å²) in [7, 11) is 0. The quantitative estimate of drug-likeness (QED) is 0.760. The van der Waals surface area contributed by atoms with Gasteiger partial charge in [0.25, 0.3) is 0 Å². The minimum absolute atomic E-state index is 0.0442. The molecule has 3 nitrogen and oxygen atoms in total. The average molecular weight is 229 g/mol. The first-order valence-corrected chi connectivity index (χ1v) is 6.11. The van der Waals surface area contributed by atoms with Crippen molar-refractivity contribution in [1.82, 2.24) is 5.32 Å². The molecule has 0 saturated carbocycles. The predicted molar refractivity (Wildman–Crippen MR) is 67.2 cm³/mol. The van der Waals surface area contributed by atoms with Crippen LogP contribution >= 0.6 is 0 Å². The number of aliphatic hydroxyl groups excluding tert-OH is 1. The zero-order valence-corrected chi connectivity index (χ0v) is 11.6.